The van der Waals surface area contributed by atoms with Crippen LogP contribution in [0.2, 0.25) is 0 Å². The Kier molecular flexibility index (Phi) is 4.75. The molecule has 0 radical (unpaired) electrons. The van der Waals surface area contributed by atoms with Gasteiger partial charge in [-0.2, -0.15) is 0 Å². The molecule has 9 heteroatoms. The van der Waals surface area contributed by atoms with Crippen molar-refractivity contribution in [3.63, 3.8) is 0 Å². The summed E-state index contributed by atoms with van der Waals surface area (Å²) in [6, 6.07) is 12.8. The van der Waals surface area contributed by atoms with Crippen molar-refractivity contribution in [2.45, 2.75) is 63.5 Å². The van der Waals surface area contributed by atoms with Crippen LogP contribution in [0.1, 0.15) is 57.6 Å². The van der Waals surface area contributed by atoms with E-state index < -0.39 is 29.4 Å². The van der Waals surface area contributed by atoms with Crippen LogP contribution in [0.15, 0.2) is 53.3 Å². The van der Waals surface area contributed by atoms with Gasteiger partial charge in [-0.1, -0.05) is 44.2 Å². The molecule has 2 amide bonds. The number of rotatable bonds is 3. The molecule has 9 nitrogen and oxygen atoms in total. The lowest BCUT2D eigenvalue weighted by Gasteiger charge is -2.39. The number of aliphatic hydroxyl groups is 1. The lowest BCUT2D eigenvalue weighted by Crippen LogP contribution is -2.55. The molecule has 186 valence electrons. The SMILES string of the molecule is CC(C)[C@@H]1NC(=O)[C@H](C[C@@]2(O)c3ccccc3N3C(=O)C(C)(C)N[C@@H]32)n2c1nc1ccccc1c2=O. The molecule has 0 spiro atoms. The van der Waals surface area contributed by atoms with Crippen molar-refractivity contribution < 1.29 is 14.7 Å². The van der Waals surface area contributed by atoms with Crippen molar-refractivity contribution in [1.82, 2.24) is 20.2 Å². The van der Waals surface area contributed by atoms with Gasteiger partial charge in [0.05, 0.1) is 28.2 Å². The van der Waals surface area contributed by atoms with Gasteiger partial charge < -0.3 is 10.4 Å². The maximum absolute atomic E-state index is 13.8. The fraction of sp³-hybridized carbons (Fsp3) is 0.407. The van der Waals surface area contributed by atoms with E-state index in [9.17, 15) is 19.5 Å². The van der Waals surface area contributed by atoms with Crippen LogP contribution in [0.5, 0.6) is 0 Å². The molecule has 3 aromatic rings. The van der Waals surface area contributed by atoms with E-state index in [1.165, 1.54) is 4.57 Å². The van der Waals surface area contributed by atoms with E-state index in [1.54, 1.807) is 55.1 Å². The largest absolute Gasteiger partial charge is 0.381 e. The number of benzene rings is 2. The van der Waals surface area contributed by atoms with Crippen molar-refractivity contribution in [2.75, 3.05) is 4.90 Å². The zero-order valence-electron chi connectivity index (χ0n) is 20.6. The molecule has 4 atom stereocenters. The van der Waals surface area contributed by atoms with E-state index in [4.69, 9.17) is 4.98 Å². The first-order valence-corrected chi connectivity index (χ1v) is 12.3. The minimum atomic E-state index is -1.62. The monoisotopic (exact) mass is 487 g/mol. The Hall–Kier alpha value is -3.56. The van der Waals surface area contributed by atoms with Crippen LogP contribution in [-0.2, 0) is 15.2 Å². The summed E-state index contributed by atoms with van der Waals surface area (Å²) in [5.74, 6) is -0.0434. The van der Waals surface area contributed by atoms with Gasteiger partial charge in [0, 0.05) is 12.0 Å². The zero-order valence-corrected chi connectivity index (χ0v) is 20.6. The quantitative estimate of drug-likeness (QED) is 0.521. The standard InChI is InChI=1S/C27H29N5O4/c1-14(2)20-21-28-17-11-7-5-9-15(17)23(34)31(21)19(22(33)29-20)13-27(36)16-10-6-8-12-18(16)32-24(27)30-26(3,4)25(32)35/h5-12,14,19-20,24,30,36H,13H2,1-4H3,(H,29,33)/t19-,20-,24-,27+/m0/s1. The van der Waals surface area contributed by atoms with Crippen LogP contribution < -0.4 is 21.1 Å². The third-order valence-electron chi connectivity index (χ3n) is 7.79. The first-order chi connectivity index (χ1) is 17.0. The molecule has 4 heterocycles. The number of para-hydroxylation sites is 2. The molecule has 1 fully saturated rings. The van der Waals surface area contributed by atoms with Crippen molar-refractivity contribution >= 4 is 28.4 Å². The van der Waals surface area contributed by atoms with Gasteiger partial charge in [-0.05, 0) is 38.0 Å². The average Bonchev–Trinajstić information content (AvgIpc) is 3.23. The van der Waals surface area contributed by atoms with Gasteiger partial charge in [-0.15, -0.1) is 0 Å². The van der Waals surface area contributed by atoms with Gasteiger partial charge >= 0.3 is 0 Å². The third-order valence-corrected chi connectivity index (χ3v) is 7.79. The molecule has 3 aliphatic rings. The molecule has 0 aliphatic carbocycles. The number of carbonyl (C=O) groups is 2. The minimum absolute atomic E-state index is 0.00471. The summed E-state index contributed by atoms with van der Waals surface area (Å²) in [7, 11) is 0. The zero-order chi connectivity index (χ0) is 25.6. The van der Waals surface area contributed by atoms with Crippen LogP contribution in [0.3, 0.4) is 0 Å². The predicted molar refractivity (Wildman–Crippen MR) is 134 cm³/mol. The topological polar surface area (TPSA) is 117 Å². The Labute approximate surface area is 208 Å². The highest BCUT2D eigenvalue weighted by atomic mass is 16.3. The van der Waals surface area contributed by atoms with E-state index in [0.717, 1.165) is 0 Å². The number of carbonyl (C=O) groups excluding carboxylic acids is 2. The lowest BCUT2D eigenvalue weighted by molar-refractivity contribution is -0.130. The lowest BCUT2D eigenvalue weighted by atomic mass is 9.84. The molecular weight excluding hydrogens is 458 g/mol. The second kappa shape index (κ2) is 7.47. The number of aromatic nitrogens is 2. The van der Waals surface area contributed by atoms with E-state index in [1.807, 2.05) is 26.0 Å². The molecule has 36 heavy (non-hydrogen) atoms. The molecule has 0 bridgehead atoms. The number of nitrogens with one attached hydrogen (secondary N) is 2. The van der Waals surface area contributed by atoms with Gasteiger partial charge in [-0.25, -0.2) is 4.98 Å². The molecule has 1 saturated heterocycles. The number of anilines is 1. The van der Waals surface area contributed by atoms with Gasteiger partial charge in [0.15, 0.2) is 0 Å². The second-order valence-corrected chi connectivity index (χ2v) is 10.9. The van der Waals surface area contributed by atoms with Crippen LogP contribution in [0, 0.1) is 5.92 Å². The summed E-state index contributed by atoms with van der Waals surface area (Å²) >= 11 is 0. The second-order valence-electron chi connectivity index (χ2n) is 10.9. The van der Waals surface area contributed by atoms with E-state index in [-0.39, 0.29) is 29.7 Å². The van der Waals surface area contributed by atoms with Crippen molar-refractivity contribution in [3.8, 4) is 0 Å². The Morgan fingerprint density at radius 1 is 1.06 bits per heavy atom. The average molecular weight is 488 g/mol. The third kappa shape index (κ3) is 2.96. The summed E-state index contributed by atoms with van der Waals surface area (Å²) < 4.78 is 1.46. The van der Waals surface area contributed by atoms with Gasteiger partial charge in [0.25, 0.3) is 5.56 Å². The van der Waals surface area contributed by atoms with Crippen LogP contribution in [0.4, 0.5) is 5.69 Å². The summed E-state index contributed by atoms with van der Waals surface area (Å²) in [6.07, 6.45) is -0.883. The first kappa shape index (κ1) is 22.9. The maximum atomic E-state index is 13.8. The number of hydrogen-bond donors (Lipinski definition) is 3. The number of nitrogens with zero attached hydrogens (tertiary/aromatic N) is 3. The van der Waals surface area contributed by atoms with Crippen molar-refractivity contribution in [1.29, 1.82) is 0 Å². The molecule has 2 aromatic carbocycles. The number of amides is 2. The van der Waals surface area contributed by atoms with Crippen molar-refractivity contribution in [2.24, 2.45) is 5.92 Å². The number of fused-ring (bicyclic) bond motifs is 5. The predicted octanol–water partition coefficient (Wildman–Crippen LogP) is 2.10. The molecule has 3 N–H and O–H groups in total. The molecule has 6 rings (SSSR count). The number of hydrogen-bond acceptors (Lipinski definition) is 6. The highest BCUT2D eigenvalue weighted by Gasteiger charge is 2.61. The van der Waals surface area contributed by atoms with Crippen LogP contribution in [-0.4, -0.2) is 38.2 Å². The summed E-state index contributed by atoms with van der Waals surface area (Å²) in [5.41, 5.74) is -1.11. The summed E-state index contributed by atoms with van der Waals surface area (Å²) in [6.45, 7) is 7.47. The van der Waals surface area contributed by atoms with Crippen LogP contribution >= 0.6 is 0 Å². The van der Waals surface area contributed by atoms with Gasteiger partial charge in [0.1, 0.15) is 23.6 Å². The Morgan fingerprint density at radius 3 is 2.50 bits per heavy atom. The van der Waals surface area contributed by atoms with E-state index in [2.05, 4.69) is 10.6 Å². The summed E-state index contributed by atoms with van der Waals surface area (Å²) in [4.78, 5) is 47.0. The maximum Gasteiger partial charge on any atom is 0.262 e. The molecular formula is C27H29N5O4. The van der Waals surface area contributed by atoms with E-state index in [0.29, 0.717) is 28.0 Å². The first-order valence-electron chi connectivity index (χ1n) is 12.3. The fourth-order valence-corrected chi connectivity index (χ4v) is 5.95. The molecule has 0 unspecified atom stereocenters. The molecule has 0 saturated carbocycles. The summed E-state index contributed by atoms with van der Waals surface area (Å²) in [5, 5.41) is 19.0. The Balaban J connectivity index is 1.54. The molecule has 3 aliphatic heterocycles. The normalized spacial score (nSPS) is 28.3. The Morgan fingerprint density at radius 2 is 1.75 bits per heavy atom. The minimum Gasteiger partial charge on any atom is -0.381 e. The van der Waals surface area contributed by atoms with E-state index >= 15 is 0 Å². The van der Waals surface area contributed by atoms with Crippen LogP contribution in [0.25, 0.3) is 10.9 Å². The van der Waals surface area contributed by atoms with Crippen molar-refractivity contribution in [3.05, 3.63) is 70.3 Å². The fourth-order valence-electron chi connectivity index (χ4n) is 5.95. The Bertz CT molecular complexity index is 1500. The highest BCUT2D eigenvalue weighted by molar-refractivity contribution is 6.05. The molecule has 1 aromatic heterocycles. The van der Waals surface area contributed by atoms with Gasteiger partial charge in [-0.3, -0.25) is 29.2 Å². The smallest absolute Gasteiger partial charge is 0.262 e. The van der Waals surface area contributed by atoms with Gasteiger partial charge in [0.2, 0.25) is 11.8 Å². The highest BCUT2D eigenvalue weighted by Crippen LogP contribution is 2.50.